The average Bonchev–Trinajstić information content (AvgIpc) is 3.10. The van der Waals surface area contributed by atoms with E-state index in [9.17, 15) is 18.0 Å². The van der Waals surface area contributed by atoms with E-state index in [1.54, 1.807) is 22.9 Å². The number of anilines is 1. The second-order valence-corrected chi connectivity index (χ2v) is 8.82. The molecule has 0 atom stereocenters. The number of hydrogen-bond acceptors (Lipinski definition) is 5. The number of aromatic nitrogens is 2. The molecule has 29 heavy (non-hydrogen) atoms. The Hall–Kier alpha value is -1.97. The van der Waals surface area contributed by atoms with Crippen LogP contribution in [0.5, 0.6) is 0 Å². The molecule has 3 aromatic rings. The third kappa shape index (κ3) is 5.77. The van der Waals surface area contributed by atoms with Gasteiger partial charge in [-0.05, 0) is 30.2 Å². The van der Waals surface area contributed by atoms with Gasteiger partial charge in [0.25, 0.3) is 5.56 Å². The van der Waals surface area contributed by atoms with E-state index in [1.165, 1.54) is 29.5 Å². The highest BCUT2D eigenvalue weighted by molar-refractivity contribution is 8.01. The molecule has 2 aromatic heterocycles. The maximum Gasteiger partial charge on any atom is 0.461 e. The largest absolute Gasteiger partial charge is 0.461 e. The first-order valence-corrected chi connectivity index (χ1v) is 10.7. The van der Waals surface area contributed by atoms with Crippen LogP contribution in [-0.2, 0) is 6.54 Å². The number of rotatable bonds is 6. The van der Waals surface area contributed by atoms with E-state index < -0.39 is 5.51 Å². The molecule has 154 valence electrons. The summed E-state index contributed by atoms with van der Waals surface area (Å²) in [5.74, 6) is 0.330. The quantitative estimate of drug-likeness (QED) is 0.426. The standard InChI is InChI=1S/C19H17ClF3N3OS2/c1-11(2)8-26-9-12(3-6-17(26)27)18-24-16(10-28-18)14-5-4-13(7-15(14)20)25-29-19(21,22)23/h3-7,9-11,25H,8H2,1-2H3. The van der Waals surface area contributed by atoms with Gasteiger partial charge >= 0.3 is 5.51 Å². The fraction of sp³-hybridized carbons (Fsp3) is 0.263. The van der Waals surface area contributed by atoms with Gasteiger partial charge in [0.2, 0.25) is 0 Å². The van der Waals surface area contributed by atoms with E-state index >= 15 is 0 Å². The van der Waals surface area contributed by atoms with Gasteiger partial charge in [-0.2, -0.15) is 13.2 Å². The van der Waals surface area contributed by atoms with Crippen molar-refractivity contribution in [1.29, 1.82) is 0 Å². The second-order valence-electron chi connectivity index (χ2n) is 6.68. The van der Waals surface area contributed by atoms with Crippen LogP contribution in [0, 0.1) is 5.92 Å². The van der Waals surface area contributed by atoms with E-state index in [0.29, 0.717) is 28.7 Å². The van der Waals surface area contributed by atoms with Gasteiger partial charge in [-0.1, -0.05) is 25.4 Å². The minimum absolute atomic E-state index is 0.0675. The number of halogens is 4. The Kier molecular flexibility index (Phi) is 6.60. The fourth-order valence-electron chi connectivity index (χ4n) is 2.63. The number of thiazole rings is 1. The Morgan fingerprint density at radius 2 is 2.03 bits per heavy atom. The van der Waals surface area contributed by atoms with Crippen LogP contribution in [0.4, 0.5) is 18.9 Å². The molecule has 0 amide bonds. The Bertz CT molecular complexity index is 1060. The lowest BCUT2D eigenvalue weighted by molar-refractivity contribution is -0.0323. The summed E-state index contributed by atoms with van der Waals surface area (Å²) in [7, 11) is 0. The van der Waals surface area contributed by atoms with Gasteiger partial charge in [0.05, 0.1) is 22.7 Å². The van der Waals surface area contributed by atoms with Gasteiger partial charge < -0.3 is 9.29 Å². The number of alkyl halides is 3. The number of pyridine rings is 1. The first-order valence-electron chi connectivity index (χ1n) is 8.59. The van der Waals surface area contributed by atoms with Crippen LogP contribution in [0.2, 0.25) is 5.02 Å². The maximum absolute atomic E-state index is 12.3. The van der Waals surface area contributed by atoms with E-state index in [-0.39, 0.29) is 23.2 Å². The molecule has 3 rings (SSSR count). The number of nitrogens with zero attached hydrogens (tertiary/aromatic N) is 2. The van der Waals surface area contributed by atoms with Gasteiger partial charge in [-0.25, -0.2) is 4.98 Å². The summed E-state index contributed by atoms with van der Waals surface area (Å²) in [6, 6.07) is 7.81. The fourth-order valence-corrected chi connectivity index (χ4v) is 4.08. The van der Waals surface area contributed by atoms with Gasteiger partial charge in [0, 0.05) is 41.0 Å². The molecular weight excluding hydrogens is 443 g/mol. The van der Waals surface area contributed by atoms with E-state index in [0.717, 1.165) is 10.6 Å². The molecule has 10 heteroatoms. The summed E-state index contributed by atoms with van der Waals surface area (Å²) in [5, 5.41) is 2.84. The molecule has 0 saturated carbocycles. The normalized spacial score (nSPS) is 11.8. The Morgan fingerprint density at radius 1 is 1.28 bits per heavy atom. The smallest absolute Gasteiger partial charge is 0.323 e. The topological polar surface area (TPSA) is 46.9 Å². The van der Waals surface area contributed by atoms with E-state index in [4.69, 9.17) is 11.6 Å². The Balaban J connectivity index is 1.84. The van der Waals surface area contributed by atoms with Crippen LogP contribution >= 0.6 is 34.9 Å². The third-order valence-electron chi connectivity index (χ3n) is 3.83. The first-order chi connectivity index (χ1) is 13.6. The van der Waals surface area contributed by atoms with E-state index in [2.05, 4.69) is 9.71 Å². The molecule has 0 spiro atoms. The van der Waals surface area contributed by atoms with Crippen molar-refractivity contribution >= 4 is 40.6 Å². The van der Waals surface area contributed by atoms with Gasteiger partial charge in [0.1, 0.15) is 5.01 Å². The summed E-state index contributed by atoms with van der Waals surface area (Å²) < 4.78 is 40.8. The Labute approximate surface area is 178 Å². The van der Waals surface area contributed by atoms with Crippen molar-refractivity contribution in [3.63, 3.8) is 0 Å². The molecule has 4 nitrogen and oxygen atoms in total. The molecule has 1 N–H and O–H groups in total. The second kappa shape index (κ2) is 8.81. The summed E-state index contributed by atoms with van der Waals surface area (Å²) in [6.07, 6.45) is 1.79. The lowest BCUT2D eigenvalue weighted by Gasteiger charge is -2.10. The zero-order valence-corrected chi connectivity index (χ0v) is 17.8. The average molecular weight is 460 g/mol. The van der Waals surface area contributed by atoms with Crippen molar-refractivity contribution in [3.05, 3.63) is 57.3 Å². The highest BCUT2D eigenvalue weighted by Gasteiger charge is 2.29. The molecule has 0 fully saturated rings. The van der Waals surface area contributed by atoms with Crippen molar-refractivity contribution in [2.45, 2.75) is 25.9 Å². The van der Waals surface area contributed by atoms with Crippen LogP contribution in [-0.4, -0.2) is 15.1 Å². The van der Waals surface area contributed by atoms with Crippen LogP contribution in [0.15, 0.2) is 46.7 Å². The molecule has 0 aliphatic carbocycles. The first kappa shape index (κ1) is 21.7. The summed E-state index contributed by atoms with van der Waals surface area (Å²) in [4.78, 5) is 16.6. The zero-order chi connectivity index (χ0) is 21.2. The van der Waals surface area contributed by atoms with Crippen LogP contribution in [0.25, 0.3) is 21.8 Å². The predicted octanol–water partition coefficient (Wildman–Crippen LogP) is 6.53. The maximum atomic E-state index is 12.3. The van der Waals surface area contributed by atoms with Crippen molar-refractivity contribution in [1.82, 2.24) is 9.55 Å². The third-order valence-corrected chi connectivity index (χ3v) is 5.60. The molecule has 0 radical (unpaired) electrons. The molecule has 0 saturated heterocycles. The molecule has 0 aliphatic heterocycles. The number of benzene rings is 1. The SMILES string of the molecule is CC(C)Cn1cc(-c2nc(-c3ccc(NSC(F)(F)F)cc3Cl)cs2)ccc1=O. The highest BCUT2D eigenvalue weighted by atomic mass is 35.5. The van der Waals surface area contributed by atoms with Crippen LogP contribution in [0.1, 0.15) is 13.8 Å². The molecule has 0 bridgehead atoms. The monoisotopic (exact) mass is 459 g/mol. The summed E-state index contributed by atoms with van der Waals surface area (Å²) in [6.45, 7) is 4.68. The zero-order valence-electron chi connectivity index (χ0n) is 15.5. The van der Waals surface area contributed by atoms with Crippen LogP contribution in [0.3, 0.4) is 0 Å². The molecule has 0 aliphatic rings. The molecule has 2 heterocycles. The molecule has 0 unspecified atom stereocenters. The Morgan fingerprint density at radius 3 is 2.69 bits per heavy atom. The van der Waals surface area contributed by atoms with Crippen molar-refractivity contribution in [3.8, 4) is 21.8 Å². The minimum atomic E-state index is -4.39. The number of nitrogens with one attached hydrogen (secondary N) is 1. The highest BCUT2D eigenvalue weighted by Crippen LogP contribution is 2.36. The summed E-state index contributed by atoms with van der Waals surface area (Å²) in [5.41, 5.74) is -2.16. The number of hydrogen-bond donors (Lipinski definition) is 1. The van der Waals surface area contributed by atoms with Gasteiger partial charge in [-0.3, -0.25) is 4.79 Å². The lowest BCUT2D eigenvalue weighted by Crippen LogP contribution is -2.20. The lowest BCUT2D eigenvalue weighted by atomic mass is 10.1. The van der Waals surface area contributed by atoms with E-state index in [1.807, 2.05) is 19.2 Å². The van der Waals surface area contributed by atoms with Crippen molar-refractivity contribution in [2.24, 2.45) is 5.92 Å². The van der Waals surface area contributed by atoms with Crippen molar-refractivity contribution in [2.75, 3.05) is 4.72 Å². The molecular formula is C19H17ClF3N3OS2. The minimum Gasteiger partial charge on any atom is -0.323 e. The van der Waals surface area contributed by atoms with Gasteiger partial charge in [0.15, 0.2) is 0 Å². The predicted molar refractivity (Wildman–Crippen MR) is 114 cm³/mol. The summed E-state index contributed by atoms with van der Waals surface area (Å²) >= 11 is 7.32. The van der Waals surface area contributed by atoms with Crippen LogP contribution < -0.4 is 10.3 Å². The van der Waals surface area contributed by atoms with Crippen molar-refractivity contribution < 1.29 is 13.2 Å². The molecule has 1 aromatic carbocycles. The van der Waals surface area contributed by atoms with Gasteiger partial charge in [-0.15, -0.1) is 11.3 Å².